The zero-order valence-electron chi connectivity index (χ0n) is 9.35. The van der Waals surface area contributed by atoms with Gasteiger partial charge in [0.25, 0.3) is 0 Å². The van der Waals surface area contributed by atoms with Gasteiger partial charge in [0.05, 0.1) is 0 Å². The Bertz CT molecular complexity index is 95.2. The average Bonchev–Trinajstić information content (AvgIpc) is 2.04. The zero-order chi connectivity index (χ0) is 9.56. The summed E-state index contributed by atoms with van der Waals surface area (Å²) >= 11 is 0. The molecule has 0 aliphatic heterocycles. The molecule has 0 aliphatic rings. The van der Waals surface area contributed by atoms with Crippen LogP contribution < -0.4 is 5.32 Å². The molecule has 1 atom stereocenters. The standard InChI is InChI=1S/C11H25N/c1-6-10(7-2)11(8-3)12-9(4)5/h9-12H,6-8H2,1-5H3. The van der Waals surface area contributed by atoms with E-state index in [-0.39, 0.29) is 0 Å². The molecule has 0 spiro atoms. The van der Waals surface area contributed by atoms with Crippen LogP contribution >= 0.6 is 0 Å². The first-order valence-electron chi connectivity index (χ1n) is 5.41. The van der Waals surface area contributed by atoms with Crippen molar-refractivity contribution in [3.05, 3.63) is 0 Å². The number of hydrogen-bond donors (Lipinski definition) is 1. The molecule has 0 aromatic heterocycles. The van der Waals surface area contributed by atoms with Gasteiger partial charge in [0.2, 0.25) is 0 Å². The Kier molecular flexibility index (Phi) is 6.45. The van der Waals surface area contributed by atoms with Gasteiger partial charge >= 0.3 is 0 Å². The fourth-order valence-corrected chi connectivity index (χ4v) is 1.87. The predicted molar refractivity (Wildman–Crippen MR) is 56.4 cm³/mol. The highest BCUT2D eigenvalue weighted by Gasteiger charge is 2.16. The lowest BCUT2D eigenvalue weighted by Crippen LogP contribution is -2.39. The van der Waals surface area contributed by atoms with Crippen LogP contribution in [0.1, 0.15) is 53.9 Å². The van der Waals surface area contributed by atoms with Gasteiger partial charge in [-0.2, -0.15) is 0 Å². The Morgan fingerprint density at radius 2 is 1.42 bits per heavy atom. The molecule has 1 unspecified atom stereocenters. The lowest BCUT2D eigenvalue weighted by molar-refractivity contribution is 0.307. The smallest absolute Gasteiger partial charge is 0.00948 e. The lowest BCUT2D eigenvalue weighted by Gasteiger charge is -2.27. The minimum atomic E-state index is 0.621. The molecule has 1 N–H and O–H groups in total. The fourth-order valence-electron chi connectivity index (χ4n) is 1.87. The summed E-state index contributed by atoms with van der Waals surface area (Å²) in [7, 11) is 0. The molecule has 1 heteroatoms. The van der Waals surface area contributed by atoms with Gasteiger partial charge in [-0.1, -0.05) is 47.5 Å². The summed E-state index contributed by atoms with van der Waals surface area (Å²) in [6.45, 7) is 11.3. The van der Waals surface area contributed by atoms with E-state index in [2.05, 4.69) is 39.9 Å². The third-order valence-corrected chi connectivity index (χ3v) is 2.61. The fraction of sp³-hybridized carbons (Fsp3) is 1.00. The van der Waals surface area contributed by atoms with Crippen LogP contribution in [0.2, 0.25) is 0 Å². The zero-order valence-corrected chi connectivity index (χ0v) is 9.35. The van der Waals surface area contributed by atoms with E-state index in [9.17, 15) is 0 Å². The average molecular weight is 171 g/mol. The normalized spacial score (nSPS) is 14.2. The number of hydrogen-bond acceptors (Lipinski definition) is 1. The quantitative estimate of drug-likeness (QED) is 0.647. The first-order valence-corrected chi connectivity index (χ1v) is 5.41. The second kappa shape index (κ2) is 6.47. The molecular weight excluding hydrogens is 146 g/mol. The molecule has 0 heterocycles. The molecule has 0 aromatic carbocycles. The maximum atomic E-state index is 3.63. The van der Waals surface area contributed by atoms with E-state index in [1.807, 2.05) is 0 Å². The van der Waals surface area contributed by atoms with Gasteiger partial charge in [-0.25, -0.2) is 0 Å². The summed E-state index contributed by atoms with van der Waals surface area (Å²) in [5.41, 5.74) is 0. The van der Waals surface area contributed by atoms with Crippen LogP contribution in [0.15, 0.2) is 0 Å². The highest BCUT2D eigenvalue weighted by atomic mass is 14.9. The van der Waals surface area contributed by atoms with Crippen molar-refractivity contribution in [2.75, 3.05) is 0 Å². The van der Waals surface area contributed by atoms with Crippen LogP contribution in [0.5, 0.6) is 0 Å². The van der Waals surface area contributed by atoms with Crippen LogP contribution in [-0.4, -0.2) is 12.1 Å². The molecule has 0 rings (SSSR count). The van der Waals surface area contributed by atoms with Crippen molar-refractivity contribution in [3.8, 4) is 0 Å². The molecule has 0 radical (unpaired) electrons. The van der Waals surface area contributed by atoms with Crippen LogP contribution in [0.3, 0.4) is 0 Å². The van der Waals surface area contributed by atoms with Crippen LogP contribution in [-0.2, 0) is 0 Å². The van der Waals surface area contributed by atoms with Crippen LogP contribution in [0.4, 0.5) is 0 Å². The summed E-state index contributed by atoms with van der Waals surface area (Å²) in [4.78, 5) is 0. The van der Waals surface area contributed by atoms with Crippen molar-refractivity contribution < 1.29 is 0 Å². The van der Waals surface area contributed by atoms with E-state index in [1.165, 1.54) is 19.3 Å². The Balaban J connectivity index is 3.92. The minimum Gasteiger partial charge on any atom is -0.312 e. The van der Waals surface area contributed by atoms with Gasteiger partial charge in [0.1, 0.15) is 0 Å². The molecule has 74 valence electrons. The van der Waals surface area contributed by atoms with Gasteiger partial charge in [-0.05, 0) is 12.3 Å². The molecule has 0 saturated carbocycles. The summed E-state index contributed by atoms with van der Waals surface area (Å²) in [6.07, 6.45) is 3.86. The van der Waals surface area contributed by atoms with Crippen molar-refractivity contribution >= 4 is 0 Å². The highest BCUT2D eigenvalue weighted by Crippen LogP contribution is 2.15. The maximum absolute atomic E-state index is 3.63. The SMILES string of the molecule is CCC(CC)C(CC)NC(C)C. The molecular formula is C11H25N. The lowest BCUT2D eigenvalue weighted by atomic mass is 9.92. The first-order chi connectivity index (χ1) is 5.65. The monoisotopic (exact) mass is 171 g/mol. The summed E-state index contributed by atoms with van der Waals surface area (Å²) in [5.74, 6) is 0.859. The van der Waals surface area contributed by atoms with E-state index in [0.717, 1.165) is 12.0 Å². The molecule has 12 heavy (non-hydrogen) atoms. The molecule has 0 amide bonds. The Hall–Kier alpha value is -0.0400. The highest BCUT2D eigenvalue weighted by molar-refractivity contribution is 4.74. The van der Waals surface area contributed by atoms with Gasteiger partial charge in [-0.15, -0.1) is 0 Å². The Morgan fingerprint density at radius 1 is 0.917 bits per heavy atom. The summed E-state index contributed by atoms with van der Waals surface area (Å²) < 4.78 is 0. The number of rotatable bonds is 6. The molecule has 0 aromatic rings. The van der Waals surface area contributed by atoms with Crippen molar-refractivity contribution in [2.45, 2.75) is 66.0 Å². The molecule has 1 nitrogen and oxygen atoms in total. The third kappa shape index (κ3) is 4.10. The first kappa shape index (κ1) is 12.0. The van der Waals surface area contributed by atoms with E-state index in [0.29, 0.717) is 6.04 Å². The van der Waals surface area contributed by atoms with Gasteiger partial charge < -0.3 is 5.32 Å². The van der Waals surface area contributed by atoms with E-state index < -0.39 is 0 Å². The second-order valence-corrected chi connectivity index (χ2v) is 3.91. The van der Waals surface area contributed by atoms with E-state index in [4.69, 9.17) is 0 Å². The molecule has 0 saturated heterocycles. The van der Waals surface area contributed by atoms with Crippen LogP contribution in [0, 0.1) is 5.92 Å². The minimum absolute atomic E-state index is 0.621. The van der Waals surface area contributed by atoms with Crippen molar-refractivity contribution in [3.63, 3.8) is 0 Å². The second-order valence-electron chi connectivity index (χ2n) is 3.91. The van der Waals surface area contributed by atoms with E-state index >= 15 is 0 Å². The van der Waals surface area contributed by atoms with Crippen LogP contribution in [0.25, 0.3) is 0 Å². The third-order valence-electron chi connectivity index (χ3n) is 2.61. The van der Waals surface area contributed by atoms with E-state index in [1.54, 1.807) is 0 Å². The van der Waals surface area contributed by atoms with Gasteiger partial charge in [0, 0.05) is 12.1 Å². The molecule has 0 bridgehead atoms. The van der Waals surface area contributed by atoms with Crippen molar-refractivity contribution in [1.29, 1.82) is 0 Å². The maximum Gasteiger partial charge on any atom is 0.00948 e. The predicted octanol–water partition coefficient (Wildman–Crippen LogP) is 3.20. The Labute approximate surface area is 77.9 Å². The summed E-state index contributed by atoms with van der Waals surface area (Å²) in [5, 5.41) is 3.63. The Morgan fingerprint density at radius 3 is 1.67 bits per heavy atom. The number of nitrogens with one attached hydrogen (secondary N) is 1. The largest absolute Gasteiger partial charge is 0.312 e. The topological polar surface area (TPSA) is 12.0 Å². The van der Waals surface area contributed by atoms with Gasteiger partial charge in [-0.3, -0.25) is 0 Å². The summed E-state index contributed by atoms with van der Waals surface area (Å²) in [6, 6.07) is 1.34. The van der Waals surface area contributed by atoms with Gasteiger partial charge in [0.15, 0.2) is 0 Å². The molecule has 0 fully saturated rings. The van der Waals surface area contributed by atoms with Crippen molar-refractivity contribution in [1.82, 2.24) is 5.32 Å². The molecule has 0 aliphatic carbocycles. The van der Waals surface area contributed by atoms with Crippen molar-refractivity contribution in [2.24, 2.45) is 5.92 Å².